The lowest BCUT2D eigenvalue weighted by Gasteiger charge is -2.19. The van der Waals surface area contributed by atoms with E-state index in [2.05, 4.69) is 19.4 Å². The average molecular weight is 432 g/mol. The first kappa shape index (κ1) is 20.1. The fourth-order valence-corrected chi connectivity index (χ4v) is 4.68. The number of methoxy groups -OCH3 is 1. The highest BCUT2D eigenvalue weighted by molar-refractivity contribution is 5.71. The first-order valence-electron chi connectivity index (χ1n) is 10.2. The van der Waals surface area contributed by atoms with Gasteiger partial charge < -0.3 is 14.0 Å². The number of alkyl halides is 3. The molecule has 0 bridgehead atoms. The molecule has 31 heavy (non-hydrogen) atoms. The van der Waals surface area contributed by atoms with E-state index in [9.17, 15) is 13.2 Å². The van der Waals surface area contributed by atoms with E-state index in [4.69, 9.17) is 9.47 Å². The molecule has 0 N–H and O–H groups in total. The zero-order valence-electron chi connectivity index (χ0n) is 17.3. The molecule has 0 amide bonds. The Kier molecular flexibility index (Phi) is 4.80. The normalized spacial score (nSPS) is 23.2. The number of imidazole rings is 1. The number of pyridine rings is 1. The average Bonchev–Trinajstić information content (AvgIpc) is 3.05. The summed E-state index contributed by atoms with van der Waals surface area (Å²) in [6.45, 7) is 3.21. The fraction of sp³-hybridized carbons (Fsp3) is 0.455. The molecule has 5 rings (SSSR count). The van der Waals surface area contributed by atoms with Crippen molar-refractivity contribution in [3.63, 3.8) is 0 Å². The van der Waals surface area contributed by atoms with E-state index >= 15 is 0 Å². The smallest absolute Gasteiger partial charge is 0.416 e. The van der Waals surface area contributed by atoms with E-state index in [-0.39, 0.29) is 5.75 Å². The van der Waals surface area contributed by atoms with Gasteiger partial charge in [-0.05, 0) is 42.2 Å². The summed E-state index contributed by atoms with van der Waals surface area (Å²) in [5.41, 5.74) is 1.05. The number of ether oxygens (including phenoxy) is 2. The van der Waals surface area contributed by atoms with Gasteiger partial charge in [-0.15, -0.1) is 0 Å². The van der Waals surface area contributed by atoms with Crippen LogP contribution in [0.4, 0.5) is 13.2 Å². The van der Waals surface area contributed by atoms with Gasteiger partial charge in [-0.1, -0.05) is 0 Å². The lowest BCUT2D eigenvalue weighted by atomic mass is 10.2. The summed E-state index contributed by atoms with van der Waals surface area (Å²) in [7, 11) is 3.36. The molecule has 164 valence electrons. The molecule has 2 aliphatic rings. The molecule has 3 heterocycles. The summed E-state index contributed by atoms with van der Waals surface area (Å²) in [5, 5.41) is 0. The van der Waals surface area contributed by atoms with Gasteiger partial charge in [-0.2, -0.15) is 13.2 Å². The molecule has 1 saturated carbocycles. The molecule has 2 unspecified atom stereocenters. The van der Waals surface area contributed by atoms with E-state index in [1.165, 1.54) is 13.2 Å². The number of fused-ring (bicyclic) bond motifs is 2. The van der Waals surface area contributed by atoms with Crippen LogP contribution in [0.1, 0.15) is 11.4 Å². The number of nitrogens with zero attached hydrogens (tertiary/aromatic N) is 4. The van der Waals surface area contributed by atoms with Crippen LogP contribution in [-0.2, 0) is 19.8 Å². The molecule has 2 fully saturated rings. The third kappa shape index (κ3) is 3.71. The third-order valence-corrected chi connectivity index (χ3v) is 6.48. The standard InChI is InChI=1S/C22H23F3N4O2/c1-28-17-4-3-7-26-21(17)27-20(28)11-29-9-14-15(10-29)16(14)12-31-18-6-5-13(22(23,24)25)8-19(18)30-2/h3-8,14-16H,9-12H2,1-2H3. The quantitative estimate of drug-likeness (QED) is 0.594. The second kappa shape index (κ2) is 7.40. The van der Waals surface area contributed by atoms with Gasteiger partial charge in [0.2, 0.25) is 0 Å². The minimum absolute atomic E-state index is 0.109. The number of aromatic nitrogens is 3. The predicted octanol–water partition coefficient (Wildman–Crippen LogP) is 3.75. The zero-order valence-corrected chi connectivity index (χ0v) is 17.3. The van der Waals surface area contributed by atoms with Crippen molar-refractivity contribution in [1.29, 1.82) is 0 Å². The molecule has 1 saturated heterocycles. The number of benzene rings is 1. The first-order chi connectivity index (χ1) is 14.8. The van der Waals surface area contributed by atoms with Crippen LogP contribution in [0.5, 0.6) is 11.5 Å². The molecule has 1 aliphatic heterocycles. The van der Waals surface area contributed by atoms with Crippen molar-refractivity contribution in [2.24, 2.45) is 24.8 Å². The van der Waals surface area contributed by atoms with Crippen LogP contribution < -0.4 is 9.47 Å². The second-order valence-corrected chi connectivity index (χ2v) is 8.29. The van der Waals surface area contributed by atoms with Crippen molar-refractivity contribution in [2.75, 3.05) is 26.8 Å². The highest BCUT2D eigenvalue weighted by Crippen LogP contribution is 2.52. The van der Waals surface area contributed by atoms with E-state index < -0.39 is 11.7 Å². The van der Waals surface area contributed by atoms with Gasteiger partial charge >= 0.3 is 6.18 Å². The van der Waals surface area contributed by atoms with Crippen LogP contribution in [0, 0.1) is 17.8 Å². The van der Waals surface area contributed by atoms with Gasteiger partial charge in [-0.25, -0.2) is 9.97 Å². The Balaban J connectivity index is 1.16. The van der Waals surface area contributed by atoms with Crippen LogP contribution in [0.25, 0.3) is 11.2 Å². The Morgan fingerprint density at radius 1 is 1.13 bits per heavy atom. The van der Waals surface area contributed by atoms with Crippen LogP contribution >= 0.6 is 0 Å². The summed E-state index contributed by atoms with van der Waals surface area (Å²) in [6, 6.07) is 7.28. The maximum absolute atomic E-state index is 12.9. The summed E-state index contributed by atoms with van der Waals surface area (Å²) in [6.07, 6.45) is -2.65. The lowest BCUT2D eigenvalue weighted by molar-refractivity contribution is -0.137. The zero-order chi connectivity index (χ0) is 21.8. The molecule has 0 spiro atoms. The number of piperidine rings is 1. The lowest BCUT2D eigenvalue weighted by Crippen LogP contribution is -2.26. The summed E-state index contributed by atoms with van der Waals surface area (Å²) in [4.78, 5) is 11.4. The van der Waals surface area contributed by atoms with Gasteiger partial charge in [-0.3, -0.25) is 4.90 Å². The second-order valence-electron chi connectivity index (χ2n) is 8.29. The van der Waals surface area contributed by atoms with Gasteiger partial charge in [0.1, 0.15) is 5.82 Å². The fourth-order valence-electron chi connectivity index (χ4n) is 4.68. The Hall–Kier alpha value is -2.81. The number of aryl methyl sites for hydroxylation is 1. The Morgan fingerprint density at radius 3 is 2.58 bits per heavy atom. The van der Waals surface area contributed by atoms with Gasteiger partial charge in [0, 0.05) is 32.3 Å². The topological polar surface area (TPSA) is 52.4 Å². The summed E-state index contributed by atoms with van der Waals surface area (Å²) < 4.78 is 51.7. The largest absolute Gasteiger partial charge is 0.493 e. The molecular formula is C22H23F3N4O2. The Bertz CT molecular complexity index is 1100. The van der Waals surface area contributed by atoms with Crippen molar-refractivity contribution in [1.82, 2.24) is 19.4 Å². The van der Waals surface area contributed by atoms with E-state index in [1.54, 1.807) is 6.20 Å². The van der Waals surface area contributed by atoms with Crippen LogP contribution in [0.15, 0.2) is 36.5 Å². The first-order valence-corrected chi connectivity index (χ1v) is 10.2. The number of rotatable bonds is 6. The molecule has 6 nitrogen and oxygen atoms in total. The number of hydrogen-bond donors (Lipinski definition) is 0. The van der Waals surface area contributed by atoms with E-state index in [1.807, 2.05) is 19.2 Å². The van der Waals surface area contributed by atoms with E-state index in [0.717, 1.165) is 48.8 Å². The van der Waals surface area contributed by atoms with Gasteiger partial charge in [0.05, 0.1) is 31.3 Å². The monoisotopic (exact) mass is 432 g/mol. The van der Waals surface area contributed by atoms with Crippen molar-refractivity contribution in [3.8, 4) is 11.5 Å². The molecular weight excluding hydrogens is 409 g/mol. The predicted molar refractivity (Wildman–Crippen MR) is 108 cm³/mol. The van der Waals surface area contributed by atoms with Crippen LogP contribution in [0.3, 0.4) is 0 Å². The van der Waals surface area contributed by atoms with Crippen molar-refractivity contribution in [2.45, 2.75) is 12.7 Å². The SMILES string of the molecule is COc1cc(C(F)(F)F)ccc1OCC1C2CN(Cc3nc4ncccc4n3C)CC12. The van der Waals surface area contributed by atoms with Crippen molar-refractivity contribution < 1.29 is 22.6 Å². The van der Waals surface area contributed by atoms with E-state index in [0.29, 0.717) is 30.1 Å². The van der Waals surface area contributed by atoms with Crippen LogP contribution in [0.2, 0.25) is 0 Å². The highest BCUT2D eigenvalue weighted by atomic mass is 19.4. The number of halogens is 3. The third-order valence-electron chi connectivity index (χ3n) is 6.48. The summed E-state index contributed by atoms with van der Waals surface area (Å²) in [5.74, 6) is 2.98. The van der Waals surface area contributed by atoms with Crippen molar-refractivity contribution in [3.05, 3.63) is 47.9 Å². The molecule has 0 radical (unpaired) electrons. The van der Waals surface area contributed by atoms with Crippen molar-refractivity contribution >= 4 is 11.2 Å². The molecule has 2 atom stereocenters. The maximum Gasteiger partial charge on any atom is 0.416 e. The molecule has 1 aromatic carbocycles. The summed E-state index contributed by atoms with van der Waals surface area (Å²) >= 11 is 0. The van der Waals surface area contributed by atoms with Gasteiger partial charge in [0.25, 0.3) is 0 Å². The maximum atomic E-state index is 12.9. The number of likely N-dealkylation sites (tertiary alicyclic amines) is 1. The molecule has 1 aliphatic carbocycles. The van der Waals surface area contributed by atoms with Crippen LogP contribution in [-0.4, -0.2) is 46.2 Å². The minimum Gasteiger partial charge on any atom is -0.493 e. The number of hydrogen-bond acceptors (Lipinski definition) is 5. The Labute approximate surface area is 177 Å². The van der Waals surface area contributed by atoms with Gasteiger partial charge in [0.15, 0.2) is 17.1 Å². The highest BCUT2D eigenvalue weighted by Gasteiger charge is 2.55. The molecule has 9 heteroatoms. The molecule has 3 aromatic rings. The Morgan fingerprint density at radius 2 is 1.90 bits per heavy atom. The minimum atomic E-state index is -4.40. The molecule has 2 aromatic heterocycles.